The fraction of sp³-hybridized carbons (Fsp3) is 0.800. The van der Waals surface area contributed by atoms with Gasteiger partial charge in [-0.2, -0.15) is 0 Å². The third-order valence-electron chi connectivity index (χ3n) is 5.69. The summed E-state index contributed by atoms with van der Waals surface area (Å²) in [7, 11) is 0. The summed E-state index contributed by atoms with van der Waals surface area (Å²) in [5, 5.41) is 0. The van der Waals surface area contributed by atoms with Gasteiger partial charge in [0, 0.05) is 5.41 Å². The van der Waals surface area contributed by atoms with Crippen LogP contribution in [0.1, 0.15) is 53.4 Å². The maximum atomic E-state index is 10.8. The third-order valence-corrected chi connectivity index (χ3v) is 5.69. The summed E-state index contributed by atoms with van der Waals surface area (Å²) >= 11 is 0. The molecule has 0 saturated heterocycles. The summed E-state index contributed by atoms with van der Waals surface area (Å²) in [5.74, 6) is 0.476. The highest BCUT2D eigenvalue weighted by atomic mass is 16.5. The number of carbonyl (C=O) groups is 1. The smallest absolute Gasteiger partial charge is 0.293 e. The molecule has 2 aliphatic carbocycles. The predicted molar refractivity (Wildman–Crippen MR) is 68.5 cm³/mol. The number of carbonyl (C=O) groups excluding carboxylic acids is 1. The Morgan fingerprint density at radius 3 is 2.76 bits per heavy atom. The Kier molecular flexibility index (Phi) is 3.09. The lowest BCUT2D eigenvalue weighted by Crippen LogP contribution is -2.55. The molecule has 1 fully saturated rings. The van der Waals surface area contributed by atoms with E-state index >= 15 is 0 Å². The van der Waals surface area contributed by atoms with Crippen molar-refractivity contribution in [2.75, 3.05) is 0 Å². The van der Waals surface area contributed by atoms with Gasteiger partial charge in [0.2, 0.25) is 0 Å². The first-order valence-electron chi connectivity index (χ1n) is 6.72. The van der Waals surface area contributed by atoms with Gasteiger partial charge in [0.25, 0.3) is 6.47 Å². The normalized spacial score (nSPS) is 45.8. The average molecular weight is 236 g/mol. The van der Waals surface area contributed by atoms with Crippen molar-refractivity contribution in [2.24, 2.45) is 16.7 Å². The molecule has 0 aromatic carbocycles. The molecule has 0 amide bonds. The first kappa shape index (κ1) is 12.7. The van der Waals surface area contributed by atoms with Crippen LogP contribution in [-0.2, 0) is 9.53 Å². The van der Waals surface area contributed by atoms with Gasteiger partial charge in [-0.25, -0.2) is 0 Å². The van der Waals surface area contributed by atoms with Gasteiger partial charge < -0.3 is 4.74 Å². The van der Waals surface area contributed by atoms with Crippen LogP contribution in [0.2, 0.25) is 0 Å². The van der Waals surface area contributed by atoms with Gasteiger partial charge in [0.1, 0.15) is 6.10 Å². The molecule has 96 valence electrons. The van der Waals surface area contributed by atoms with E-state index in [0.29, 0.717) is 12.4 Å². The zero-order chi connectivity index (χ0) is 12.7. The van der Waals surface area contributed by atoms with Gasteiger partial charge in [-0.15, -0.1) is 0 Å². The van der Waals surface area contributed by atoms with E-state index in [2.05, 4.69) is 33.8 Å². The minimum atomic E-state index is 0.0717. The van der Waals surface area contributed by atoms with Crippen molar-refractivity contribution in [1.82, 2.24) is 0 Å². The molecule has 17 heavy (non-hydrogen) atoms. The first-order chi connectivity index (χ1) is 7.95. The number of rotatable bonds is 2. The average Bonchev–Trinajstić information content (AvgIpc) is 2.29. The van der Waals surface area contributed by atoms with Gasteiger partial charge in [-0.1, -0.05) is 32.4 Å². The molecule has 0 aromatic heterocycles. The van der Waals surface area contributed by atoms with Crippen molar-refractivity contribution >= 4 is 6.47 Å². The number of hydrogen-bond donors (Lipinski definition) is 0. The first-order valence-corrected chi connectivity index (χ1v) is 6.72. The SMILES string of the molecule is CC1=CCC[C@@]2(C)[C@H](OC=O)[C@H](C)CC[C@@]12C. The Labute approximate surface area is 104 Å². The van der Waals surface area contributed by atoms with E-state index in [4.69, 9.17) is 4.74 Å². The lowest BCUT2D eigenvalue weighted by atomic mass is 9.48. The zero-order valence-corrected chi connectivity index (χ0v) is 11.5. The van der Waals surface area contributed by atoms with Crippen LogP contribution >= 0.6 is 0 Å². The zero-order valence-electron chi connectivity index (χ0n) is 11.5. The lowest BCUT2D eigenvalue weighted by Gasteiger charge is -2.58. The fourth-order valence-electron chi connectivity index (χ4n) is 4.12. The minimum absolute atomic E-state index is 0.0717. The van der Waals surface area contributed by atoms with Gasteiger partial charge in [0.05, 0.1) is 0 Å². The van der Waals surface area contributed by atoms with Gasteiger partial charge in [0.15, 0.2) is 0 Å². The second-order valence-electron chi connectivity index (χ2n) is 6.34. The van der Waals surface area contributed by atoms with Crippen molar-refractivity contribution in [3.8, 4) is 0 Å². The van der Waals surface area contributed by atoms with Crippen LogP contribution in [0.3, 0.4) is 0 Å². The fourth-order valence-corrected chi connectivity index (χ4v) is 4.12. The number of ether oxygens (including phenoxy) is 1. The molecule has 1 saturated carbocycles. The quantitative estimate of drug-likeness (QED) is 0.539. The molecule has 0 aliphatic heterocycles. The molecular weight excluding hydrogens is 212 g/mol. The molecule has 0 spiro atoms. The molecule has 2 heteroatoms. The van der Waals surface area contributed by atoms with E-state index in [1.165, 1.54) is 12.0 Å². The monoisotopic (exact) mass is 236 g/mol. The number of hydrogen-bond acceptors (Lipinski definition) is 2. The topological polar surface area (TPSA) is 26.3 Å². The Balaban J connectivity index is 2.42. The maximum Gasteiger partial charge on any atom is 0.293 e. The molecule has 2 nitrogen and oxygen atoms in total. The van der Waals surface area contributed by atoms with E-state index in [1.807, 2.05) is 0 Å². The van der Waals surface area contributed by atoms with Crippen LogP contribution < -0.4 is 0 Å². The Bertz CT molecular complexity index is 347. The van der Waals surface area contributed by atoms with Crippen molar-refractivity contribution in [3.05, 3.63) is 11.6 Å². The van der Waals surface area contributed by atoms with Crippen LogP contribution in [0.15, 0.2) is 11.6 Å². The van der Waals surface area contributed by atoms with Crippen LogP contribution in [0, 0.1) is 16.7 Å². The minimum Gasteiger partial charge on any atom is -0.464 e. The van der Waals surface area contributed by atoms with E-state index in [9.17, 15) is 4.79 Å². The van der Waals surface area contributed by atoms with Crippen LogP contribution in [0.4, 0.5) is 0 Å². The van der Waals surface area contributed by atoms with Crippen LogP contribution in [0.5, 0.6) is 0 Å². The molecule has 2 rings (SSSR count). The summed E-state index contributed by atoms with van der Waals surface area (Å²) in [4.78, 5) is 10.8. The second-order valence-corrected chi connectivity index (χ2v) is 6.34. The third kappa shape index (κ3) is 1.64. The molecule has 4 atom stereocenters. The molecule has 0 N–H and O–H groups in total. The largest absolute Gasteiger partial charge is 0.464 e. The van der Waals surface area contributed by atoms with E-state index < -0.39 is 0 Å². The second kappa shape index (κ2) is 4.15. The standard InChI is InChI=1S/C15H24O2/c1-11-7-9-14(3)12(2)6-5-8-15(14,4)13(11)17-10-16/h6,10-11,13H,5,7-9H2,1-4H3/t11-,13-,14+,15+/m1/s1. The van der Waals surface area contributed by atoms with Gasteiger partial charge in [-0.3, -0.25) is 4.79 Å². The molecule has 0 aromatic rings. The van der Waals surface area contributed by atoms with E-state index in [1.54, 1.807) is 0 Å². The molecule has 0 heterocycles. The summed E-state index contributed by atoms with van der Waals surface area (Å²) in [6.45, 7) is 9.77. The predicted octanol–water partition coefficient (Wildman–Crippen LogP) is 3.71. The Hall–Kier alpha value is -0.790. The summed E-state index contributed by atoms with van der Waals surface area (Å²) in [6.07, 6.45) is 7.05. The number of fused-ring (bicyclic) bond motifs is 1. The van der Waals surface area contributed by atoms with Crippen molar-refractivity contribution < 1.29 is 9.53 Å². The highest BCUT2D eigenvalue weighted by Crippen LogP contribution is 2.60. The van der Waals surface area contributed by atoms with E-state index in [-0.39, 0.29) is 16.9 Å². The van der Waals surface area contributed by atoms with Crippen molar-refractivity contribution in [1.29, 1.82) is 0 Å². The van der Waals surface area contributed by atoms with Crippen molar-refractivity contribution in [3.63, 3.8) is 0 Å². The van der Waals surface area contributed by atoms with Gasteiger partial charge >= 0.3 is 0 Å². The summed E-state index contributed by atoms with van der Waals surface area (Å²) < 4.78 is 5.47. The van der Waals surface area contributed by atoms with Crippen LogP contribution in [0.25, 0.3) is 0 Å². The molecular formula is C15H24O2. The highest BCUT2D eigenvalue weighted by Gasteiger charge is 2.56. The lowest BCUT2D eigenvalue weighted by molar-refractivity contribution is -0.164. The van der Waals surface area contributed by atoms with E-state index in [0.717, 1.165) is 19.3 Å². The highest BCUT2D eigenvalue weighted by molar-refractivity contribution is 5.38. The Morgan fingerprint density at radius 2 is 2.12 bits per heavy atom. The number of allylic oxidation sites excluding steroid dienone is 2. The maximum absolute atomic E-state index is 10.8. The molecule has 0 unspecified atom stereocenters. The Morgan fingerprint density at radius 1 is 1.41 bits per heavy atom. The van der Waals surface area contributed by atoms with Crippen molar-refractivity contribution in [2.45, 2.75) is 59.5 Å². The molecule has 2 aliphatic rings. The van der Waals surface area contributed by atoms with Gasteiger partial charge in [-0.05, 0) is 43.9 Å². The van der Waals surface area contributed by atoms with Crippen LogP contribution in [-0.4, -0.2) is 12.6 Å². The molecule has 0 bridgehead atoms. The summed E-state index contributed by atoms with van der Waals surface area (Å²) in [5.41, 5.74) is 1.79. The summed E-state index contributed by atoms with van der Waals surface area (Å²) in [6, 6.07) is 0. The molecule has 0 radical (unpaired) electrons.